The van der Waals surface area contributed by atoms with E-state index < -0.39 is 28.8 Å². The van der Waals surface area contributed by atoms with Crippen LogP contribution in [0.25, 0.3) is 0 Å². The van der Waals surface area contributed by atoms with Crippen LogP contribution < -0.4 is 0 Å². The van der Waals surface area contributed by atoms with Gasteiger partial charge in [-0.25, -0.2) is 8.78 Å². The molecule has 1 atom stereocenters. The van der Waals surface area contributed by atoms with Crippen LogP contribution in [0.3, 0.4) is 0 Å². The van der Waals surface area contributed by atoms with Crippen LogP contribution in [0, 0.1) is 11.6 Å². The monoisotopic (exact) mass is 320 g/mol. The van der Waals surface area contributed by atoms with Crippen molar-refractivity contribution in [2.24, 2.45) is 0 Å². The summed E-state index contributed by atoms with van der Waals surface area (Å²) in [7, 11) is 0. The van der Waals surface area contributed by atoms with Crippen molar-refractivity contribution in [3.8, 4) is 0 Å². The summed E-state index contributed by atoms with van der Waals surface area (Å²) in [6, 6.07) is 7.74. The van der Waals surface area contributed by atoms with E-state index in [1.807, 2.05) is 0 Å². The van der Waals surface area contributed by atoms with Gasteiger partial charge in [0.25, 0.3) is 0 Å². The molecule has 0 heterocycles. The van der Waals surface area contributed by atoms with Gasteiger partial charge in [-0.1, -0.05) is 18.2 Å². The Balaban J connectivity index is 2.31. The van der Waals surface area contributed by atoms with Crippen LogP contribution >= 0.6 is 11.6 Å². The van der Waals surface area contributed by atoms with Crippen molar-refractivity contribution in [1.82, 2.24) is 0 Å². The van der Waals surface area contributed by atoms with Crippen molar-refractivity contribution in [1.29, 1.82) is 0 Å². The molecule has 0 radical (unpaired) electrons. The average molecular weight is 321 g/mol. The fraction of sp³-hybridized carbons (Fsp3) is 0.200. The summed E-state index contributed by atoms with van der Waals surface area (Å²) in [6.45, 7) is 0. The summed E-state index contributed by atoms with van der Waals surface area (Å²) < 4.78 is 65.1. The molecule has 0 spiro atoms. The molecule has 0 aromatic heterocycles. The van der Waals surface area contributed by atoms with E-state index in [4.69, 9.17) is 11.6 Å². The first-order chi connectivity index (χ1) is 9.79. The first-order valence-electron chi connectivity index (χ1n) is 6.03. The van der Waals surface area contributed by atoms with Crippen molar-refractivity contribution < 1.29 is 22.0 Å². The molecule has 2 aromatic rings. The van der Waals surface area contributed by atoms with Gasteiger partial charge in [-0.3, -0.25) is 0 Å². The lowest BCUT2D eigenvalue weighted by Gasteiger charge is -2.14. The molecule has 0 amide bonds. The van der Waals surface area contributed by atoms with Gasteiger partial charge in [0.15, 0.2) is 0 Å². The van der Waals surface area contributed by atoms with Crippen LogP contribution in [0.2, 0.25) is 0 Å². The van der Waals surface area contributed by atoms with Crippen LogP contribution in [0.4, 0.5) is 22.0 Å². The van der Waals surface area contributed by atoms with Crippen LogP contribution in [0.1, 0.15) is 22.1 Å². The fourth-order valence-electron chi connectivity index (χ4n) is 1.93. The van der Waals surface area contributed by atoms with E-state index in [1.54, 1.807) is 6.07 Å². The SMILES string of the molecule is Fc1ccccc1CC(Cl)c1cc(C(F)(F)F)ccc1F. The van der Waals surface area contributed by atoms with Gasteiger partial charge in [0, 0.05) is 5.56 Å². The highest BCUT2D eigenvalue weighted by Crippen LogP contribution is 2.34. The van der Waals surface area contributed by atoms with Crippen LogP contribution in [-0.2, 0) is 12.6 Å². The van der Waals surface area contributed by atoms with Gasteiger partial charge in [0.1, 0.15) is 11.6 Å². The Morgan fingerprint density at radius 1 is 0.952 bits per heavy atom. The van der Waals surface area contributed by atoms with E-state index in [0.29, 0.717) is 12.1 Å². The maximum absolute atomic E-state index is 13.7. The first kappa shape index (κ1) is 15.8. The Morgan fingerprint density at radius 2 is 1.62 bits per heavy atom. The van der Waals surface area contributed by atoms with Gasteiger partial charge in [0.2, 0.25) is 0 Å². The molecule has 2 aromatic carbocycles. The van der Waals surface area contributed by atoms with Gasteiger partial charge in [0.05, 0.1) is 10.9 Å². The molecule has 0 aliphatic carbocycles. The molecule has 0 fully saturated rings. The minimum Gasteiger partial charge on any atom is -0.207 e. The Morgan fingerprint density at radius 3 is 2.24 bits per heavy atom. The summed E-state index contributed by atoms with van der Waals surface area (Å²) in [5, 5.41) is -1.09. The molecule has 0 nitrogen and oxygen atoms in total. The van der Waals surface area contributed by atoms with Crippen LogP contribution in [-0.4, -0.2) is 0 Å². The zero-order valence-electron chi connectivity index (χ0n) is 10.6. The van der Waals surface area contributed by atoms with Gasteiger partial charge in [-0.05, 0) is 36.2 Å². The predicted molar refractivity (Wildman–Crippen MR) is 70.1 cm³/mol. The third kappa shape index (κ3) is 3.73. The van der Waals surface area contributed by atoms with E-state index in [9.17, 15) is 22.0 Å². The molecule has 112 valence electrons. The molecule has 0 bridgehead atoms. The highest BCUT2D eigenvalue weighted by molar-refractivity contribution is 6.21. The van der Waals surface area contributed by atoms with Crippen molar-refractivity contribution >= 4 is 11.6 Å². The highest BCUT2D eigenvalue weighted by atomic mass is 35.5. The topological polar surface area (TPSA) is 0 Å². The zero-order valence-corrected chi connectivity index (χ0v) is 11.3. The smallest absolute Gasteiger partial charge is 0.207 e. The lowest BCUT2D eigenvalue weighted by Crippen LogP contribution is -2.08. The first-order valence-corrected chi connectivity index (χ1v) is 6.47. The standard InChI is InChI=1S/C15H10ClF5/c16-12(7-9-3-1-2-4-13(9)17)11-8-10(15(19,20)21)5-6-14(11)18/h1-6,8,12H,7H2. The lowest BCUT2D eigenvalue weighted by molar-refractivity contribution is -0.137. The molecular weight excluding hydrogens is 311 g/mol. The predicted octanol–water partition coefficient (Wildman–Crippen LogP) is 5.51. The largest absolute Gasteiger partial charge is 0.416 e. The van der Waals surface area contributed by atoms with E-state index in [0.717, 1.165) is 6.07 Å². The molecule has 21 heavy (non-hydrogen) atoms. The number of rotatable bonds is 3. The molecule has 6 heteroatoms. The second-order valence-corrected chi connectivity index (χ2v) is 5.02. The van der Waals surface area contributed by atoms with E-state index >= 15 is 0 Å². The molecule has 0 aliphatic heterocycles. The van der Waals surface area contributed by atoms with Crippen molar-refractivity contribution in [2.45, 2.75) is 18.0 Å². The lowest BCUT2D eigenvalue weighted by atomic mass is 10.0. The maximum atomic E-state index is 13.7. The Hall–Kier alpha value is -1.62. The number of hydrogen-bond donors (Lipinski definition) is 0. The maximum Gasteiger partial charge on any atom is 0.416 e. The second-order valence-electron chi connectivity index (χ2n) is 4.50. The third-order valence-electron chi connectivity index (χ3n) is 3.02. The minimum atomic E-state index is -4.59. The van der Waals surface area contributed by atoms with Crippen LogP contribution in [0.15, 0.2) is 42.5 Å². The summed E-state index contributed by atoms with van der Waals surface area (Å²) in [6.07, 6.45) is -4.69. The Bertz CT molecular complexity index is 636. The number of alkyl halides is 4. The molecule has 1 unspecified atom stereocenters. The van der Waals surface area contributed by atoms with Gasteiger partial charge < -0.3 is 0 Å². The quantitative estimate of drug-likeness (QED) is 0.517. The molecule has 0 N–H and O–H groups in total. The molecule has 2 rings (SSSR count). The van der Waals surface area contributed by atoms with Gasteiger partial charge in [-0.2, -0.15) is 13.2 Å². The van der Waals surface area contributed by atoms with Gasteiger partial charge in [-0.15, -0.1) is 11.6 Å². The molecule has 0 saturated carbocycles. The summed E-state index contributed by atoms with van der Waals surface area (Å²) in [5.41, 5.74) is -1.07. The Labute approximate surface area is 123 Å². The Kier molecular flexibility index (Phi) is 4.52. The third-order valence-corrected chi connectivity index (χ3v) is 3.41. The minimum absolute atomic E-state index is 0.105. The van der Waals surface area contributed by atoms with Gasteiger partial charge >= 0.3 is 6.18 Å². The highest BCUT2D eigenvalue weighted by Gasteiger charge is 2.32. The average Bonchev–Trinajstić information content (AvgIpc) is 2.40. The molecule has 0 aliphatic rings. The second kappa shape index (κ2) is 6.02. The van der Waals surface area contributed by atoms with E-state index in [2.05, 4.69) is 0 Å². The zero-order chi connectivity index (χ0) is 15.6. The summed E-state index contributed by atoms with van der Waals surface area (Å²) in [4.78, 5) is 0. The van der Waals surface area contributed by atoms with Crippen LogP contribution in [0.5, 0.6) is 0 Å². The molecular formula is C15H10ClF5. The number of hydrogen-bond acceptors (Lipinski definition) is 0. The summed E-state index contributed by atoms with van der Waals surface area (Å²) >= 11 is 5.97. The number of halogens is 6. The van der Waals surface area contributed by atoms with E-state index in [-0.39, 0.29) is 17.5 Å². The van der Waals surface area contributed by atoms with Crippen molar-refractivity contribution in [3.63, 3.8) is 0 Å². The van der Waals surface area contributed by atoms with E-state index in [1.165, 1.54) is 18.2 Å². The normalized spacial score (nSPS) is 13.2. The fourth-order valence-corrected chi connectivity index (χ4v) is 2.26. The number of benzene rings is 2. The summed E-state index contributed by atoms with van der Waals surface area (Å²) in [5.74, 6) is -1.38. The van der Waals surface area contributed by atoms with Crippen molar-refractivity contribution in [2.75, 3.05) is 0 Å². The van der Waals surface area contributed by atoms with Crippen molar-refractivity contribution in [3.05, 3.63) is 70.8 Å². The molecule has 0 saturated heterocycles.